The zero-order valence-electron chi connectivity index (χ0n) is 10.3. The van der Waals surface area contributed by atoms with E-state index < -0.39 is 11.7 Å². The number of carbonyl (C=O) groups is 2. The second kappa shape index (κ2) is 5.14. The Morgan fingerprint density at radius 1 is 1.00 bits per heavy atom. The maximum absolute atomic E-state index is 12.1. The first-order valence-corrected chi connectivity index (χ1v) is 7.55. The van der Waals surface area contributed by atoms with Crippen LogP contribution in [0.2, 0.25) is 0 Å². The number of halogens is 2. The summed E-state index contributed by atoms with van der Waals surface area (Å²) in [5.74, 6) is -0.936. The summed E-state index contributed by atoms with van der Waals surface area (Å²) in [4.78, 5) is 25.7. The topological polar surface area (TPSA) is 37.4 Å². The molecule has 0 aliphatic carbocycles. The summed E-state index contributed by atoms with van der Waals surface area (Å²) in [6, 6.07) is 13.1. The smallest absolute Gasteiger partial charge is 0.299 e. The number of Topliss-reactive ketones (excluding diaryl/α,β-unsaturated/α-hetero) is 1. The molecule has 0 N–H and O–H groups in total. The van der Waals surface area contributed by atoms with Crippen molar-refractivity contribution in [3.8, 4) is 0 Å². The van der Waals surface area contributed by atoms with Gasteiger partial charge in [-0.3, -0.25) is 9.59 Å². The zero-order chi connectivity index (χ0) is 14.3. The van der Waals surface area contributed by atoms with Gasteiger partial charge >= 0.3 is 0 Å². The Kier molecular flexibility index (Phi) is 3.48. The van der Waals surface area contributed by atoms with Crippen molar-refractivity contribution in [3.63, 3.8) is 0 Å². The molecule has 3 rings (SSSR count). The molecule has 0 spiro atoms. The molecule has 1 amide bonds. The maximum Gasteiger partial charge on any atom is 0.299 e. The minimum Gasteiger partial charge on any atom is -0.300 e. The highest BCUT2D eigenvalue weighted by atomic mass is 79.9. The molecule has 1 aliphatic rings. The largest absolute Gasteiger partial charge is 0.300 e. The van der Waals surface area contributed by atoms with Crippen LogP contribution in [0, 0.1) is 0 Å². The van der Waals surface area contributed by atoms with Crippen molar-refractivity contribution in [2.45, 2.75) is 6.54 Å². The lowest BCUT2D eigenvalue weighted by Crippen LogP contribution is -2.29. The highest BCUT2D eigenvalue weighted by Crippen LogP contribution is 2.35. The van der Waals surface area contributed by atoms with Gasteiger partial charge in [-0.2, -0.15) is 0 Å². The van der Waals surface area contributed by atoms with E-state index in [1.807, 2.05) is 30.3 Å². The third-order valence-electron chi connectivity index (χ3n) is 3.18. The van der Waals surface area contributed by atoms with Crippen molar-refractivity contribution in [3.05, 3.63) is 62.5 Å². The second-order valence-electron chi connectivity index (χ2n) is 4.48. The van der Waals surface area contributed by atoms with E-state index in [9.17, 15) is 9.59 Å². The predicted molar refractivity (Wildman–Crippen MR) is 83.8 cm³/mol. The molecular formula is C15H9Br2NO2. The van der Waals surface area contributed by atoms with E-state index in [4.69, 9.17) is 0 Å². The summed E-state index contributed by atoms with van der Waals surface area (Å²) < 4.78 is 1.60. The molecular weight excluding hydrogens is 386 g/mol. The Hall–Kier alpha value is -1.46. The number of benzene rings is 2. The monoisotopic (exact) mass is 393 g/mol. The van der Waals surface area contributed by atoms with Gasteiger partial charge in [-0.15, -0.1) is 0 Å². The van der Waals surface area contributed by atoms with Crippen LogP contribution in [0.3, 0.4) is 0 Å². The summed E-state index contributed by atoms with van der Waals surface area (Å²) in [7, 11) is 0. The van der Waals surface area contributed by atoms with Crippen LogP contribution in [0.15, 0.2) is 51.4 Å². The summed E-state index contributed by atoms with van der Waals surface area (Å²) >= 11 is 6.74. The lowest BCUT2D eigenvalue weighted by molar-refractivity contribution is -0.114. The van der Waals surface area contributed by atoms with E-state index >= 15 is 0 Å². The van der Waals surface area contributed by atoms with Gasteiger partial charge in [-0.05, 0) is 45.8 Å². The molecule has 1 heterocycles. The Morgan fingerprint density at radius 3 is 2.50 bits per heavy atom. The van der Waals surface area contributed by atoms with Crippen LogP contribution < -0.4 is 4.90 Å². The number of fused-ring (bicyclic) bond motifs is 1. The minimum atomic E-state index is -0.480. The molecule has 1 aliphatic heterocycles. The normalized spacial score (nSPS) is 13.8. The number of nitrogens with zero attached hydrogens (tertiary/aromatic N) is 1. The van der Waals surface area contributed by atoms with Crippen molar-refractivity contribution in [1.82, 2.24) is 0 Å². The van der Waals surface area contributed by atoms with E-state index in [1.165, 1.54) is 4.90 Å². The molecule has 0 atom stereocenters. The van der Waals surface area contributed by atoms with Crippen LogP contribution in [-0.4, -0.2) is 11.7 Å². The van der Waals surface area contributed by atoms with Crippen molar-refractivity contribution in [1.29, 1.82) is 0 Å². The molecule has 0 unspecified atom stereocenters. The van der Waals surface area contributed by atoms with E-state index in [-0.39, 0.29) is 0 Å². The Morgan fingerprint density at radius 2 is 1.75 bits per heavy atom. The summed E-state index contributed by atoms with van der Waals surface area (Å²) in [5, 5.41) is 0. The number of hydrogen-bond donors (Lipinski definition) is 0. The number of rotatable bonds is 2. The maximum atomic E-state index is 12.1. The number of amides is 1. The summed E-state index contributed by atoms with van der Waals surface area (Å²) in [6.07, 6.45) is 0. The number of hydrogen-bond acceptors (Lipinski definition) is 2. The van der Waals surface area contributed by atoms with Crippen molar-refractivity contribution in [2.24, 2.45) is 0 Å². The number of carbonyl (C=O) groups excluding carboxylic acids is 2. The van der Waals surface area contributed by atoms with Gasteiger partial charge < -0.3 is 4.90 Å². The first kappa shape index (κ1) is 13.5. The van der Waals surface area contributed by atoms with Gasteiger partial charge in [0.2, 0.25) is 0 Å². The average molecular weight is 395 g/mol. The van der Waals surface area contributed by atoms with Crippen LogP contribution in [0.5, 0.6) is 0 Å². The van der Waals surface area contributed by atoms with Crippen LogP contribution in [0.4, 0.5) is 5.69 Å². The van der Waals surface area contributed by atoms with Crippen LogP contribution >= 0.6 is 31.9 Å². The average Bonchev–Trinajstić information content (AvgIpc) is 2.65. The molecule has 0 radical (unpaired) electrons. The molecule has 2 aromatic carbocycles. The molecule has 5 heteroatoms. The Bertz CT molecular complexity index is 728. The van der Waals surface area contributed by atoms with Crippen molar-refractivity contribution >= 4 is 49.2 Å². The van der Waals surface area contributed by atoms with Crippen molar-refractivity contribution in [2.75, 3.05) is 4.90 Å². The molecule has 0 bridgehead atoms. The van der Waals surface area contributed by atoms with Crippen molar-refractivity contribution < 1.29 is 9.59 Å². The van der Waals surface area contributed by atoms with Gasteiger partial charge in [0.1, 0.15) is 0 Å². The zero-order valence-corrected chi connectivity index (χ0v) is 13.4. The third kappa shape index (κ3) is 2.21. The van der Waals surface area contributed by atoms with Crippen LogP contribution in [-0.2, 0) is 11.3 Å². The fourth-order valence-electron chi connectivity index (χ4n) is 2.28. The Balaban J connectivity index is 2.02. The third-order valence-corrected chi connectivity index (χ3v) is 4.33. The lowest BCUT2D eigenvalue weighted by Gasteiger charge is -2.16. The lowest BCUT2D eigenvalue weighted by atomic mass is 10.1. The quantitative estimate of drug-likeness (QED) is 0.723. The van der Waals surface area contributed by atoms with E-state index in [2.05, 4.69) is 31.9 Å². The molecule has 2 aromatic rings. The summed E-state index contributed by atoms with van der Waals surface area (Å²) in [6.45, 7) is 0.382. The highest BCUT2D eigenvalue weighted by Gasteiger charge is 2.37. The minimum absolute atomic E-state index is 0.382. The summed E-state index contributed by atoms with van der Waals surface area (Å²) in [5.41, 5.74) is 2.08. The molecule has 0 aromatic heterocycles. The molecule has 20 heavy (non-hydrogen) atoms. The first-order chi connectivity index (χ1) is 9.58. The standard InChI is InChI=1S/C15H9Br2NO2/c16-10-4-1-3-9(7-10)8-18-12-6-2-5-11(17)13(12)14(19)15(18)20/h1-7H,8H2. The van der Waals surface area contributed by atoms with E-state index in [0.29, 0.717) is 22.3 Å². The van der Waals surface area contributed by atoms with Crippen LogP contribution in [0.25, 0.3) is 0 Å². The van der Waals surface area contributed by atoms with Gasteiger partial charge in [0, 0.05) is 8.95 Å². The second-order valence-corrected chi connectivity index (χ2v) is 6.25. The first-order valence-electron chi connectivity index (χ1n) is 5.97. The molecule has 3 nitrogen and oxygen atoms in total. The number of ketones is 1. The Labute approximate surface area is 132 Å². The number of anilines is 1. The molecule has 0 saturated carbocycles. The highest BCUT2D eigenvalue weighted by molar-refractivity contribution is 9.10. The predicted octanol–water partition coefficient (Wildman–Crippen LogP) is 3.94. The van der Waals surface area contributed by atoms with Crippen LogP contribution in [0.1, 0.15) is 15.9 Å². The SMILES string of the molecule is O=C1C(=O)N(Cc2cccc(Br)c2)c2cccc(Br)c21. The van der Waals surface area contributed by atoms with E-state index in [1.54, 1.807) is 12.1 Å². The molecule has 100 valence electrons. The fraction of sp³-hybridized carbons (Fsp3) is 0.0667. The van der Waals surface area contributed by atoms with E-state index in [0.717, 1.165) is 10.0 Å². The van der Waals surface area contributed by atoms with Gasteiger partial charge in [0.05, 0.1) is 17.8 Å². The van der Waals surface area contributed by atoms with Gasteiger partial charge in [-0.1, -0.05) is 34.1 Å². The van der Waals surface area contributed by atoms with Gasteiger partial charge in [-0.25, -0.2) is 0 Å². The van der Waals surface area contributed by atoms with Gasteiger partial charge in [0.15, 0.2) is 0 Å². The molecule has 0 saturated heterocycles. The molecule has 0 fully saturated rings. The van der Waals surface area contributed by atoms with Gasteiger partial charge in [0.25, 0.3) is 11.7 Å². The fourth-order valence-corrected chi connectivity index (χ4v) is 3.26.